The number of hydrogen-bond acceptors (Lipinski definition) is 4. The lowest BCUT2D eigenvalue weighted by molar-refractivity contribution is -0.139. The highest BCUT2D eigenvalue weighted by Crippen LogP contribution is 2.32. The molecule has 8 heteroatoms. The van der Waals surface area contributed by atoms with E-state index in [1.807, 2.05) is 23.6 Å². The van der Waals surface area contributed by atoms with Crippen molar-refractivity contribution in [2.45, 2.75) is 59.0 Å². The third-order valence-corrected chi connectivity index (χ3v) is 6.41. The van der Waals surface area contributed by atoms with E-state index in [2.05, 4.69) is 10.2 Å². The minimum absolute atomic E-state index is 0.0298. The molecule has 1 aromatic rings. The number of carbonyl (C=O) groups excluding carboxylic acids is 2. The van der Waals surface area contributed by atoms with Crippen molar-refractivity contribution in [1.29, 1.82) is 0 Å². The molecule has 8 nitrogen and oxygen atoms in total. The van der Waals surface area contributed by atoms with Crippen molar-refractivity contribution < 1.29 is 14.3 Å². The number of aryl methyl sites for hydroxylation is 1. The Balaban J connectivity index is 1.41. The zero-order chi connectivity index (χ0) is 21.0. The summed E-state index contributed by atoms with van der Waals surface area (Å²) in [5, 5.41) is 5.31. The minimum atomic E-state index is -0.203. The quantitative estimate of drug-likeness (QED) is 0.747. The molecule has 0 atom stereocenters. The van der Waals surface area contributed by atoms with Crippen LogP contribution in [0.3, 0.4) is 0 Å². The van der Waals surface area contributed by atoms with E-state index in [1.165, 1.54) is 0 Å². The second kappa shape index (κ2) is 9.61. The maximum atomic E-state index is 12.6. The normalized spacial score (nSPS) is 19.2. The number of hydrogen-bond donors (Lipinski definition) is 2. The predicted molar refractivity (Wildman–Crippen MR) is 110 cm³/mol. The summed E-state index contributed by atoms with van der Waals surface area (Å²) in [6.07, 6.45) is 4.30. The zero-order valence-corrected chi connectivity index (χ0v) is 17.8. The van der Waals surface area contributed by atoms with Crippen LogP contribution >= 0.6 is 0 Å². The summed E-state index contributed by atoms with van der Waals surface area (Å²) in [5.74, 6) is 1.35. The molecular formula is C21H34N4O4. The van der Waals surface area contributed by atoms with E-state index < -0.39 is 0 Å². The van der Waals surface area contributed by atoms with E-state index in [-0.39, 0.29) is 36.5 Å². The van der Waals surface area contributed by atoms with Gasteiger partial charge in [0.25, 0.3) is 5.56 Å². The van der Waals surface area contributed by atoms with Gasteiger partial charge in [-0.15, -0.1) is 0 Å². The van der Waals surface area contributed by atoms with Crippen LogP contribution in [0.25, 0.3) is 0 Å². The second-order valence-corrected chi connectivity index (χ2v) is 8.66. The van der Waals surface area contributed by atoms with E-state index in [1.54, 1.807) is 6.92 Å². The van der Waals surface area contributed by atoms with Crippen LogP contribution in [0.5, 0.6) is 0 Å². The Morgan fingerprint density at radius 2 is 1.48 bits per heavy atom. The molecule has 1 aromatic heterocycles. The zero-order valence-electron chi connectivity index (χ0n) is 17.8. The fourth-order valence-electron chi connectivity index (χ4n) is 4.52. The van der Waals surface area contributed by atoms with Crippen LogP contribution < -0.4 is 5.56 Å². The highest BCUT2D eigenvalue weighted by Gasteiger charge is 2.32. The summed E-state index contributed by atoms with van der Waals surface area (Å²) in [5.41, 5.74) is 1.07. The lowest BCUT2D eigenvalue weighted by Gasteiger charge is -2.40. The average Bonchev–Trinajstić information content (AvgIpc) is 3.04. The van der Waals surface area contributed by atoms with Gasteiger partial charge in [-0.2, -0.15) is 0 Å². The number of piperidine rings is 2. The van der Waals surface area contributed by atoms with Crippen molar-refractivity contribution in [2.75, 3.05) is 32.8 Å². The number of amides is 2. The summed E-state index contributed by atoms with van der Waals surface area (Å²) in [7, 11) is 0. The molecule has 0 bridgehead atoms. The molecule has 0 unspecified atom stereocenters. The van der Waals surface area contributed by atoms with Gasteiger partial charge in [-0.3, -0.25) is 19.5 Å². The predicted octanol–water partition coefficient (Wildman–Crippen LogP) is 1.46. The largest absolute Gasteiger partial charge is 0.369 e. The van der Waals surface area contributed by atoms with Gasteiger partial charge < -0.3 is 19.6 Å². The Bertz CT molecular complexity index is 753. The summed E-state index contributed by atoms with van der Waals surface area (Å²) >= 11 is 0. The van der Waals surface area contributed by atoms with Crippen molar-refractivity contribution in [2.24, 2.45) is 11.8 Å². The van der Waals surface area contributed by atoms with E-state index >= 15 is 0 Å². The Labute approximate surface area is 172 Å². The molecule has 3 rings (SSSR count). The lowest BCUT2D eigenvalue weighted by atomic mass is 9.78. The maximum absolute atomic E-state index is 12.6. The first-order valence-corrected chi connectivity index (χ1v) is 10.8. The topological polar surface area (TPSA) is 98.5 Å². The SMILES string of the molecule is Cc1[nH][nH]c(=O)c1CC(=O)N1CCC(C2CCN(C(=O)COC(C)C)CC2)CC1. The van der Waals surface area contributed by atoms with Gasteiger partial charge >= 0.3 is 0 Å². The molecule has 2 aliphatic rings. The number of ether oxygens (including phenoxy) is 1. The van der Waals surface area contributed by atoms with Crippen LogP contribution in [0.4, 0.5) is 0 Å². The van der Waals surface area contributed by atoms with Crippen molar-refractivity contribution in [1.82, 2.24) is 20.0 Å². The van der Waals surface area contributed by atoms with Gasteiger partial charge in [0.15, 0.2) is 0 Å². The van der Waals surface area contributed by atoms with Gasteiger partial charge in [0.2, 0.25) is 11.8 Å². The highest BCUT2D eigenvalue weighted by atomic mass is 16.5. The lowest BCUT2D eigenvalue weighted by Crippen LogP contribution is -2.45. The third-order valence-electron chi connectivity index (χ3n) is 6.41. The highest BCUT2D eigenvalue weighted by molar-refractivity contribution is 5.79. The number of likely N-dealkylation sites (tertiary alicyclic amines) is 2. The molecule has 0 radical (unpaired) electrons. The van der Waals surface area contributed by atoms with Crippen molar-refractivity contribution in [3.05, 3.63) is 21.6 Å². The van der Waals surface area contributed by atoms with Crippen molar-refractivity contribution in [3.8, 4) is 0 Å². The number of aromatic amines is 2. The van der Waals surface area contributed by atoms with E-state index in [4.69, 9.17) is 4.74 Å². The fraction of sp³-hybridized carbons (Fsp3) is 0.762. The monoisotopic (exact) mass is 406 g/mol. The van der Waals surface area contributed by atoms with Crippen LogP contribution in [0.15, 0.2) is 4.79 Å². The molecule has 0 saturated carbocycles. The molecule has 0 spiro atoms. The number of nitrogens with one attached hydrogen (secondary N) is 2. The molecular weight excluding hydrogens is 372 g/mol. The number of carbonyl (C=O) groups is 2. The first kappa shape index (κ1) is 21.6. The average molecular weight is 407 g/mol. The molecule has 2 saturated heterocycles. The van der Waals surface area contributed by atoms with Gasteiger partial charge in [-0.25, -0.2) is 0 Å². The summed E-state index contributed by atoms with van der Waals surface area (Å²) in [4.78, 5) is 40.4. The Kier molecular flexibility index (Phi) is 7.16. The van der Waals surface area contributed by atoms with Crippen molar-refractivity contribution in [3.63, 3.8) is 0 Å². The molecule has 2 amide bonds. The maximum Gasteiger partial charge on any atom is 0.267 e. The number of H-pyrrole nitrogens is 2. The number of aromatic nitrogens is 2. The number of rotatable bonds is 6. The molecule has 2 N–H and O–H groups in total. The van der Waals surface area contributed by atoms with Crippen LogP contribution in [-0.4, -0.2) is 70.7 Å². The van der Waals surface area contributed by atoms with Gasteiger partial charge in [0.1, 0.15) is 6.61 Å². The van der Waals surface area contributed by atoms with E-state index in [0.29, 0.717) is 17.4 Å². The van der Waals surface area contributed by atoms with Crippen LogP contribution in [-0.2, 0) is 20.7 Å². The molecule has 162 valence electrons. The van der Waals surface area contributed by atoms with Crippen LogP contribution in [0.2, 0.25) is 0 Å². The molecule has 2 fully saturated rings. The first-order chi connectivity index (χ1) is 13.8. The number of nitrogens with zero attached hydrogens (tertiary/aromatic N) is 2. The molecule has 0 aliphatic carbocycles. The van der Waals surface area contributed by atoms with Gasteiger partial charge in [-0.1, -0.05) is 0 Å². The van der Waals surface area contributed by atoms with E-state index in [9.17, 15) is 14.4 Å². The minimum Gasteiger partial charge on any atom is -0.369 e. The van der Waals surface area contributed by atoms with Crippen LogP contribution in [0, 0.1) is 18.8 Å². The third kappa shape index (κ3) is 5.50. The molecule has 2 aliphatic heterocycles. The van der Waals surface area contributed by atoms with Gasteiger partial charge in [-0.05, 0) is 58.3 Å². The van der Waals surface area contributed by atoms with Gasteiger partial charge in [0.05, 0.1) is 12.5 Å². The molecule has 0 aromatic carbocycles. The van der Waals surface area contributed by atoms with E-state index in [0.717, 1.165) is 57.6 Å². The van der Waals surface area contributed by atoms with Crippen LogP contribution in [0.1, 0.15) is 50.8 Å². The Morgan fingerprint density at radius 1 is 0.966 bits per heavy atom. The molecule has 3 heterocycles. The Hall–Kier alpha value is -2.09. The first-order valence-electron chi connectivity index (χ1n) is 10.8. The molecule has 29 heavy (non-hydrogen) atoms. The second-order valence-electron chi connectivity index (χ2n) is 8.66. The standard InChI is InChI=1S/C21H34N4O4/c1-14(2)29-13-20(27)25-10-6-17(7-11-25)16-4-8-24(9-5-16)19(26)12-18-15(3)22-23-21(18)28/h14,16-17H,4-13H2,1-3H3,(H2,22,23,28). The summed E-state index contributed by atoms with van der Waals surface area (Å²) in [6.45, 7) is 8.98. The smallest absolute Gasteiger partial charge is 0.267 e. The Morgan fingerprint density at radius 3 is 1.93 bits per heavy atom. The fourth-order valence-corrected chi connectivity index (χ4v) is 4.52. The van der Waals surface area contributed by atoms with Crippen molar-refractivity contribution >= 4 is 11.8 Å². The summed E-state index contributed by atoms with van der Waals surface area (Å²) < 4.78 is 5.43. The summed E-state index contributed by atoms with van der Waals surface area (Å²) in [6, 6.07) is 0. The van der Waals surface area contributed by atoms with Gasteiger partial charge in [0, 0.05) is 37.4 Å².